The number of carbonyl (C=O) groups is 1. The summed E-state index contributed by atoms with van der Waals surface area (Å²) in [5.41, 5.74) is 0. The van der Waals surface area contributed by atoms with Crippen molar-refractivity contribution in [3.63, 3.8) is 0 Å². The van der Waals surface area contributed by atoms with Gasteiger partial charge in [0.05, 0.1) is 4.90 Å². The third-order valence-corrected chi connectivity index (χ3v) is 6.73. The summed E-state index contributed by atoms with van der Waals surface area (Å²) in [7, 11) is -3.96. The molecule has 0 saturated carbocycles. The molecule has 1 fully saturated rings. The normalized spacial score (nSPS) is 16.6. The van der Waals surface area contributed by atoms with Gasteiger partial charge in [-0.25, -0.2) is 8.42 Å². The van der Waals surface area contributed by atoms with Crippen molar-refractivity contribution in [3.05, 3.63) is 24.3 Å². The Morgan fingerprint density at radius 2 is 1.90 bits per heavy atom. The van der Waals surface area contributed by atoms with Crippen molar-refractivity contribution in [2.24, 2.45) is 5.92 Å². The highest BCUT2D eigenvalue weighted by atomic mass is 32.2. The number of unbranched alkanes of at least 4 members (excludes halogenated alkanes) is 3. The van der Waals surface area contributed by atoms with Crippen LogP contribution in [0.2, 0.25) is 0 Å². The van der Waals surface area contributed by atoms with Crippen LogP contribution in [0, 0.1) is 5.92 Å². The molecule has 2 rings (SSSR count). The first kappa shape index (κ1) is 23.5. The number of carbonyl (C=O) groups excluding carboxylic acids is 1. The number of ether oxygens (including phenoxy) is 1. The van der Waals surface area contributed by atoms with Gasteiger partial charge < -0.3 is 10.1 Å². The van der Waals surface area contributed by atoms with Crippen LogP contribution in [0.25, 0.3) is 0 Å². The summed E-state index contributed by atoms with van der Waals surface area (Å²) in [5.74, 6) is -0.914. The molecule has 1 aliphatic rings. The van der Waals surface area contributed by atoms with Gasteiger partial charge in [-0.1, -0.05) is 32.3 Å². The van der Waals surface area contributed by atoms with E-state index in [1.54, 1.807) is 0 Å². The number of nitrogens with zero attached hydrogens (tertiary/aromatic N) is 1. The van der Waals surface area contributed by atoms with Crippen LogP contribution < -0.4 is 10.1 Å². The molecule has 0 aliphatic carbocycles. The van der Waals surface area contributed by atoms with E-state index in [-0.39, 0.29) is 29.8 Å². The van der Waals surface area contributed by atoms with Crippen molar-refractivity contribution in [2.75, 3.05) is 19.6 Å². The number of hydrogen-bond donors (Lipinski definition) is 1. The SMILES string of the molecule is CCCCCCNC(=O)C1CCN(S(=O)(=O)c2cccc(OC(F)(F)F)c2)CC1. The molecule has 0 unspecified atom stereocenters. The molecular formula is C19H27F3N2O4S. The fourth-order valence-electron chi connectivity index (χ4n) is 3.25. The van der Waals surface area contributed by atoms with E-state index in [0.717, 1.165) is 37.8 Å². The van der Waals surface area contributed by atoms with Crippen LogP contribution in [0.15, 0.2) is 29.2 Å². The Morgan fingerprint density at radius 3 is 2.52 bits per heavy atom. The Labute approximate surface area is 169 Å². The molecule has 1 heterocycles. The number of amides is 1. The van der Waals surface area contributed by atoms with Crippen molar-refractivity contribution in [2.45, 2.75) is 56.7 Å². The Hall–Kier alpha value is -1.81. The molecule has 0 atom stereocenters. The van der Waals surface area contributed by atoms with Crippen molar-refractivity contribution in [3.8, 4) is 5.75 Å². The molecule has 0 aromatic heterocycles. The quantitative estimate of drug-likeness (QED) is 0.599. The van der Waals surface area contributed by atoms with Gasteiger partial charge in [-0.15, -0.1) is 13.2 Å². The summed E-state index contributed by atoms with van der Waals surface area (Å²) in [6, 6.07) is 4.34. The summed E-state index contributed by atoms with van der Waals surface area (Å²) in [6.07, 6.45) is 0.0728. The minimum Gasteiger partial charge on any atom is -0.406 e. The zero-order valence-corrected chi connectivity index (χ0v) is 17.2. The Balaban J connectivity index is 1.91. The monoisotopic (exact) mass is 436 g/mol. The number of sulfonamides is 1. The summed E-state index contributed by atoms with van der Waals surface area (Å²) < 4.78 is 67.6. The highest BCUT2D eigenvalue weighted by molar-refractivity contribution is 7.89. The minimum atomic E-state index is -4.90. The number of rotatable bonds is 9. The highest BCUT2D eigenvalue weighted by Gasteiger charge is 2.34. The first-order chi connectivity index (χ1) is 13.6. The van der Waals surface area contributed by atoms with Gasteiger partial charge in [-0.05, 0) is 31.4 Å². The standard InChI is InChI=1S/C19H27F3N2O4S/c1-2-3-4-5-11-23-18(25)15-9-12-24(13-10-15)29(26,27)17-8-6-7-16(14-17)28-19(20,21)22/h6-8,14-15H,2-5,9-13H2,1H3,(H,23,25). The second-order valence-electron chi connectivity index (χ2n) is 7.05. The maximum Gasteiger partial charge on any atom is 0.573 e. The van der Waals surface area contributed by atoms with Gasteiger partial charge in [0.25, 0.3) is 0 Å². The lowest BCUT2D eigenvalue weighted by Gasteiger charge is -2.30. The molecule has 1 aromatic carbocycles. The predicted octanol–water partition coefficient (Wildman–Crippen LogP) is 3.68. The van der Waals surface area contributed by atoms with Gasteiger partial charge in [0.15, 0.2) is 0 Å². The highest BCUT2D eigenvalue weighted by Crippen LogP contribution is 2.28. The van der Waals surface area contributed by atoms with Gasteiger partial charge in [0.1, 0.15) is 5.75 Å². The van der Waals surface area contributed by atoms with Crippen LogP contribution in [0.1, 0.15) is 45.4 Å². The fourth-order valence-corrected chi connectivity index (χ4v) is 4.75. The van der Waals surface area contributed by atoms with E-state index in [9.17, 15) is 26.4 Å². The van der Waals surface area contributed by atoms with Crippen LogP contribution >= 0.6 is 0 Å². The van der Waals surface area contributed by atoms with Crippen molar-refractivity contribution in [1.82, 2.24) is 9.62 Å². The van der Waals surface area contributed by atoms with E-state index in [1.165, 1.54) is 16.4 Å². The number of benzene rings is 1. The summed E-state index contributed by atoms with van der Waals surface area (Å²) >= 11 is 0. The average Bonchev–Trinajstić information content (AvgIpc) is 2.66. The smallest absolute Gasteiger partial charge is 0.406 e. The Bertz CT molecular complexity index is 776. The summed E-state index contributed by atoms with van der Waals surface area (Å²) in [6.45, 7) is 3.00. The third-order valence-electron chi connectivity index (χ3n) is 4.83. The maximum atomic E-state index is 12.7. The average molecular weight is 436 g/mol. The Morgan fingerprint density at radius 1 is 1.21 bits per heavy atom. The lowest BCUT2D eigenvalue weighted by molar-refractivity contribution is -0.274. The van der Waals surface area contributed by atoms with Crippen LogP contribution in [-0.4, -0.2) is 44.6 Å². The van der Waals surface area contributed by atoms with E-state index < -0.39 is 22.1 Å². The van der Waals surface area contributed by atoms with Crippen molar-refractivity contribution >= 4 is 15.9 Å². The van der Waals surface area contributed by atoms with Gasteiger partial charge >= 0.3 is 6.36 Å². The van der Waals surface area contributed by atoms with Crippen LogP contribution in [0.3, 0.4) is 0 Å². The molecule has 1 aliphatic heterocycles. The fraction of sp³-hybridized carbons (Fsp3) is 0.632. The molecule has 0 spiro atoms. The number of nitrogens with one attached hydrogen (secondary N) is 1. The lowest BCUT2D eigenvalue weighted by Crippen LogP contribution is -2.43. The van der Waals surface area contributed by atoms with Crippen LogP contribution in [0.4, 0.5) is 13.2 Å². The molecule has 6 nitrogen and oxygen atoms in total. The lowest BCUT2D eigenvalue weighted by atomic mass is 9.97. The van der Waals surface area contributed by atoms with Crippen LogP contribution in [-0.2, 0) is 14.8 Å². The molecule has 0 radical (unpaired) electrons. The molecule has 1 aromatic rings. The zero-order chi connectivity index (χ0) is 21.5. The minimum absolute atomic E-state index is 0.0703. The van der Waals surface area contributed by atoms with E-state index in [4.69, 9.17) is 0 Å². The van der Waals surface area contributed by atoms with Gasteiger partial charge in [0, 0.05) is 31.6 Å². The van der Waals surface area contributed by atoms with Crippen molar-refractivity contribution < 1.29 is 31.1 Å². The second-order valence-corrected chi connectivity index (χ2v) is 8.99. The maximum absolute atomic E-state index is 12.7. The largest absolute Gasteiger partial charge is 0.573 e. The van der Waals surface area contributed by atoms with E-state index >= 15 is 0 Å². The summed E-state index contributed by atoms with van der Waals surface area (Å²) in [5, 5.41) is 2.90. The second kappa shape index (κ2) is 10.3. The third kappa shape index (κ3) is 7.18. The zero-order valence-electron chi connectivity index (χ0n) is 16.4. The first-order valence-corrected chi connectivity index (χ1v) is 11.2. The number of hydrogen-bond acceptors (Lipinski definition) is 4. The molecule has 1 N–H and O–H groups in total. The molecular weight excluding hydrogens is 409 g/mol. The number of halogens is 3. The number of piperidine rings is 1. The van der Waals surface area contributed by atoms with Gasteiger partial charge in [-0.3, -0.25) is 4.79 Å². The van der Waals surface area contributed by atoms with Crippen molar-refractivity contribution in [1.29, 1.82) is 0 Å². The predicted molar refractivity (Wildman–Crippen MR) is 102 cm³/mol. The first-order valence-electron chi connectivity index (χ1n) is 9.77. The molecule has 29 heavy (non-hydrogen) atoms. The Kier molecular flexibility index (Phi) is 8.33. The van der Waals surface area contributed by atoms with E-state index in [1.807, 2.05) is 0 Å². The molecule has 0 bridgehead atoms. The van der Waals surface area contributed by atoms with Crippen LogP contribution in [0.5, 0.6) is 5.75 Å². The molecule has 1 saturated heterocycles. The van der Waals surface area contributed by atoms with Gasteiger partial charge in [-0.2, -0.15) is 4.31 Å². The number of alkyl halides is 3. The molecule has 1 amide bonds. The summed E-state index contributed by atoms with van der Waals surface area (Å²) in [4.78, 5) is 12.0. The molecule has 164 valence electrons. The molecule has 10 heteroatoms. The topological polar surface area (TPSA) is 75.7 Å². The van der Waals surface area contributed by atoms with Gasteiger partial charge in [0.2, 0.25) is 15.9 Å². The van der Waals surface area contributed by atoms with E-state index in [2.05, 4.69) is 17.0 Å². The van der Waals surface area contributed by atoms with E-state index in [0.29, 0.717) is 19.4 Å².